The minimum Gasteiger partial charge on any atom is -0.454 e. The van der Waals surface area contributed by atoms with Crippen LogP contribution in [0.2, 0.25) is 0 Å². The number of benzene rings is 1. The average Bonchev–Trinajstić information content (AvgIpc) is 2.98. The average molecular weight is 247 g/mol. The molecule has 1 aliphatic rings. The fourth-order valence-corrected chi connectivity index (χ4v) is 1.11. The summed E-state index contributed by atoms with van der Waals surface area (Å²) < 4.78 is 110. The molecule has 0 aliphatic carbocycles. The predicted molar refractivity (Wildman–Crippen MR) is 67.1 cm³/mol. The van der Waals surface area contributed by atoms with Gasteiger partial charge in [-0.3, -0.25) is 0 Å². The molecule has 0 radical (unpaired) electrons. The topological polar surface area (TPSA) is 38.7 Å². The van der Waals surface area contributed by atoms with Gasteiger partial charge in [0.15, 0.2) is 11.5 Å². The Kier molecular flexibility index (Phi) is 0.975. The lowest BCUT2D eigenvalue weighted by atomic mass is 9.89. The Morgan fingerprint density at radius 3 is 3.00 bits per heavy atom. The zero-order chi connectivity index (χ0) is 23.5. The number of ether oxygens (including phenoxy) is 2. The van der Waals surface area contributed by atoms with Crippen LogP contribution in [0.15, 0.2) is 24.2 Å². The number of fused-ring (bicyclic) bond motifs is 1. The van der Waals surface area contributed by atoms with Crippen LogP contribution in [0.3, 0.4) is 0 Å². The highest BCUT2D eigenvalue weighted by molar-refractivity contribution is 5.56. The Morgan fingerprint density at radius 1 is 1.47 bits per heavy atom. The third-order valence-corrected chi connectivity index (χ3v) is 1.96. The molecule has 92 valence electrons. The van der Waals surface area contributed by atoms with E-state index in [-0.39, 0.29) is 24.4 Å². The summed E-state index contributed by atoms with van der Waals surface area (Å²) in [5.41, 5.74) is -4.34. The maximum absolute atomic E-state index is 10.6. The van der Waals surface area contributed by atoms with E-state index in [1.54, 1.807) is 0 Å². The van der Waals surface area contributed by atoms with E-state index in [0.29, 0.717) is 6.08 Å². The van der Waals surface area contributed by atoms with Gasteiger partial charge in [-0.15, -0.1) is 0 Å². The molecule has 0 amide bonds. The van der Waals surface area contributed by atoms with Crippen LogP contribution in [-0.4, -0.2) is 18.0 Å². The van der Waals surface area contributed by atoms with Crippen LogP contribution in [0.5, 0.6) is 11.5 Å². The Balaban J connectivity index is 2.75. The maximum atomic E-state index is 10.6. The molecule has 1 aliphatic heterocycles. The summed E-state index contributed by atoms with van der Waals surface area (Å²) in [5, 5.41) is 10.6. The largest absolute Gasteiger partial charge is 0.454 e. The fourth-order valence-electron chi connectivity index (χ4n) is 1.11. The Hall–Kier alpha value is -1.48. The number of hydrogen-bond donors (Lipinski definition) is 1. The molecule has 0 fully saturated rings. The molecule has 17 heavy (non-hydrogen) atoms. The van der Waals surface area contributed by atoms with Gasteiger partial charge in [0.2, 0.25) is 6.79 Å². The Bertz CT molecular complexity index is 828. The highest BCUT2D eigenvalue weighted by Crippen LogP contribution is 2.33. The lowest BCUT2D eigenvalue weighted by Gasteiger charge is -2.22. The molecule has 0 saturated carbocycles. The molecule has 1 unspecified atom stereocenters. The monoisotopic (exact) mass is 247 g/mol. The first-order chi connectivity index (χ1) is 13.3. The summed E-state index contributed by atoms with van der Waals surface area (Å²) in [6.45, 7) is -11.8. The molecule has 1 heterocycles. The van der Waals surface area contributed by atoms with Gasteiger partial charge in [0, 0.05) is 12.3 Å². The van der Waals surface area contributed by atoms with E-state index in [1.165, 1.54) is 0 Å². The molecule has 0 spiro atoms. The first kappa shape index (κ1) is 3.75. The molecule has 1 atom stereocenters. The summed E-state index contributed by atoms with van der Waals surface area (Å²) in [7, 11) is 0. The van der Waals surface area contributed by atoms with E-state index in [4.69, 9.17) is 27.3 Å². The lowest BCUT2D eigenvalue weighted by Crippen LogP contribution is -2.23. The summed E-state index contributed by atoms with van der Waals surface area (Å²) in [6, 6.07) is -1.61. The van der Waals surface area contributed by atoms with Gasteiger partial charge in [0.1, 0.15) is 0 Å². The van der Waals surface area contributed by atoms with E-state index < -0.39 is 55.7 Å². The highest BCUT2D eigenvalue weighted by atomic mass is 16.7. The van der Waals surface area contributed by atoms with Crippen LogP contribution in [0.1, 0.15) is 43.9 Å². The zero-order valence-corrected chi connectivity index (χ0v) is 8.63. The predicted octanol–water partition coefficient (Wildman–Crippen LogP) is 2.84. The second-order valence-electron chi connectivity index (χ2n) is 3.32. The molecule has 2 rings (SSSR count). The normalized spacial score (nSPS) is 31.7. The summed E-state index contributed by atoms with van der Waals surface area (Å²) in [5.74, 6) is -0.386. The molecule has 0 saturated heterocycles. The third kappa shape index (κ3) is 2.80. The van der Waals surface area contributed by atoms with Crippen molar-refractivity contribution in [2.45, 2.75) is 26.6 Å². The number of rotatable bonds is 2. The van der Waals surface area contributed by atoms with Gasteiger partial charge in [-0.05, 0) is 23.1 Å². The molecular formula is C14H18O3. The molecular weight excluding hydrogens is 216 g/mol. The summed E-state index contributed by atoms with van der Waals surface area (Å²) in [6.07, 6.45) is -2.77. The van der Waals surface area contributed by atoms with Crippen LogP contribution in [-0.2, 0) is 0 Å². The number of hydrogen-bond acceptors (Lipinski definition) is 3. The summed E-state index contributed by atoms with van der Waals surface area (Å²) >= 11 is 0. The Morgan fingerprint density at radius 2 is 2.24 bits per heavy atom. The van der Waals surface area contributed by atoms with Crippen LogP contribution >= 0.6 is 0 Å². The first-order valence-electron chi connectivity index (χ1n) is 11.1. The van der Waals surface area contributed by atoms with Crippen molar-refractivity contribution in [3.05, 3.63) is 29.8 Å². The minimum absolute atomic E-state index is 0.176. The second-order valence-corrected chi connectivity index (χ2v) is 3.32. The van der Waals surface area contributed by atoms with Gasteiger partial charge in [0.05, 0.1) is 11.6 Å². The second kappa shape index (κ2) is 4.41. The quantitative estimate of drug-likeness (QED) is 0.873. The summed E-state index contributed by atoms with van der Waals surface area (Å²) in [4.78, 5) is 0. The van der Waals surface area contributed by atoms with Crippen LogP contribution in [0, 0.1) is 5.41 Å². The van der Waals surface area contributed by atoms with Gasteiger partial charge < -0.3 is 14.6 Å². The van der Waals surface area contributed by atoms with Crippen molar-refractivity contribution >= 4 is 6.08 Å². The molecule has 1 aromatic carbocycles. The van der Waals surface area contributed by atoms with Crippen molar-refractivity contribution in [1.82, 2.24) is 0 Å². The molecule has 0 aromatic heterocycles. The number of aliphatic hydroxyl groups is 1. The standard InChI is InChI=1S/C14H18O3/c1-14(2,3)13(15)7-5-10-4-6-11-12(8-10)17-9-16-11/h4-8,13,15H,9H2,1-3H3/b7-5+/i1D3,2D3,3D3,4D,6D,8D,13D. The molecule has 3 heteroatoms. The smallest absolute Gasteiger partial charge is 0.231 e. The maximum Gasteiger partial charge on any atom is 0.231 e. The fraction of sp³-hybridized carbons (Fsp3) is 0.429. The molecule has 1 aromatic rings. The van der Waals surface area contributed by atoms with E-state index >= 15 is 0 Å². The molecule has 3 nitrogen and oxygen atoms in total. The van der Waals surface area contributed by atoms with Crippen molar-refractivity contribution in [2.75, 3.05) is 6.79 Å². The van der Waals surface area contributed by atoms with Gasteiger partial charge in [-0.25, -0.2) is 0 Å². The van der Waals surface area contributed by atoms with Crippen molar-refractivity contribution < 1.29 is 32.4 Å². The van der Waals surface area contributed by atoms with Crippen LogP contribution < -0.4 is 9.47 Å². The minimum atomic E-state index is -3.92. The van der Waals surface area contributed by atoms with Crippen molar-refractivity contribution in [2.24, 2.45) is 5.41 Å². The van der Waals surface area contributed by atoms with E-state index in [1.807, 2.05) is 0 Å². The zero-order valence-electron chi connectivity index (χ0n) is 21.6. The highest BCUT2D eigenvalue weighted by Gasteiger charge is 2.19. The third-order valence-electron chi connectivity index (χ3n) is 1.96. The van der Waals surface area contributed by atoms with Crippen molar-refractivity contribution in [1.29, 1.82) is 0 Å². The van der Waals surface area contributed by atoms with Gasteiger partial charge in [-0.1, -0.05) is 38.8 Å². The lowest BCUT2D eigenvalue weighted by molar-refractivity contribution is 0.106. The Labute approximate surface area is 120 Å². The van der Waals surface area contributed by atoms with Crippen molar-refractivity contribution in [3.8, 4) is 11.5 Å². The van der Waals surface area contributed by atoms with Gasteiger partial charge in [-0.2, -0.15) is 0 Å². The van der Waals surface area contributed by atoms with E-state index in [2.05, 4.69) is 0 Å². The SMILES string of the molecule is [2H]c1c([2H])c2c(c([2H])c1/C=C/C([2H])(O)C(C([2H])([2H])[2H])(C([2H])([2H])[2H])C([2H])([2H])[2H])OCO2. The van der Waals surface area contributed by atoms with Crippen LogP contribution in [0.4, 0.5) is 0 Å². The first-order valence-corrected chi connectivity index (χ1v) is 4.62. The molecule has 1 N–H and O–H groups in total. The van der Waals surface area contributed by atoms with Gasteiger partial charge in [0.25, 0.3) is 0 Å². The van der Waals surface area contributed by atoms with Crippen LogP contribution in [0.25, 0.3) is 6.08 Å². The molecule has 0 bridgehead atoms. The van der Waals surface area contributed by atoms with Crippen molar-refractivity contribution in [3.63, 3.8) is 0 Å². The van der Waals surface area contributed by atoms with E-state index in [0.717, 1.165) is 0 Å². The van der Waals surface area contributed by atoms with E-state index in [9.17, 15) is 5.11 Å². The van der Waals surface area contributed by atoms with Gasteiger partial charge >= 0.3 is 0 Å².